The first-order valence-electron chi connectivity index (χ1n) is 5.64. The van der Waals surface area contributed by atoms with E-state index in [0.29, 0.717) is 25.9 Å². The number of piperidine rings is 1. The fourth-order valence-corrected chi connectivity index (χ4v) is 1.68. The van der Waals surface area contributed by atoms with E-state index in [1.165, 1.54) is 0 Å². The Kier molecular flexibility index (Phi) is 4.93. The summed E-state index contributed by atoms with van der Waals surface area (Å²) in [5.74, 6) is -1.24. The number of carboxylic acid groups (broad SMARTS) is 1. The summed E-state index contributed by atoms with van der Waals surface area (Å²) in [5, 5.41) is 12.5. The summed E-state index contributed by atoms with van der Waals surface area (Å²) in [7, 11) is 0. The van der Waals surface area contributed by atoms with Crippen molar-refractivity contribution in [1.29, 1.82) is 0 Å². The lowest BCUT2D eigenvalue weighted by Gasteiger charge is -2.29. The Morgan fingerprint density at radius 1 is 1.35 bits per heavy atom. The van der Waals surface area contributed by atoms with Gasteiger partial charge in [0.1, 0.15) is 0 Å². The molecule has 0 unspecified atom stereocenters. The van der Waals surface area contributed by atoms with E-state index < -0.39 is 5.97 Å². The van der Waals surface area contributed by atoms with Gasteiger partial charge in [-0.3, -0.25) is 9.59 Å². The van der Waals surface area contributed by atoms with E-state index in [-0.39, 0.29) is 18.4 Å². The maximum Gasteiger partial charge on any atom is 0.306 e. The minimum Gasteiger partial charge on any atom is -0.481 e. The average Bonchev–Trinajstić information content (AvgIpc) is 2.28. The lowest BCUT2D eigenvalue weighted by atomic mass is 9.97. The van der Waals surface area contributed by atoms with E-state index in [4.69, 9.17) is 9.94 Å². The molecule has 0 aromatic rings. The van der Waals surface area contributed by atoms with Crippen LogP contribution < -0.4 is 0 Å². The van der Waals surface area contributed by atoms with Crippen molar-refractivity contribution in [2.24, 2.45) is 11.1 Å². The number of oxime groups is 1. The van der Waals surface area contributed by atoms with Crippen molar-refractivity contribution in [3.8, 4) is 0 Å². The number of aliphatic carboxylic acids is 1. The van der Waals surface area contributed by atoms with Crippen LogP contribution in [0, 0.1) is 5.92 Å². The second-order valence-electron chi connectivity index (χ2n) is 4.31. The molecule has 1 aliphatic heterocycles. The molecule has 0 atom stereocenters. The average molecular weight is 242 g/mol. The summed E-state index contributed by atoms with van der Waals surface area (Å²) in [4.78, 5) is 28.9. The molecular formula is C11H18N2O4. The number of rotatable bonds is 4. The molecule has 0 saturated carbocycles. The largest absolute Gasteiger partial charge is 0.481 e. The predicted molar refractivity (Wildman–Crippen MR) is 61.7 cm³/mol. The number of hydrogen-bond acceptors (Lipinski definition) is 4. The third-order valence-corrected chi connectivity index (χ3v) is 2.63. The van der Waals surface area contributed by atoms with Crippen molar-refractivity contribution in [2.75, 3.05) is 19.7 Å². The van der Waals surface area contributed by atoms with E-state index >= 15 is 0 Å². The summed E-state index contributed by atoms with van der Waals surface area (Å²) < 4.78 is 0. The quantitative estimate of drug-likeness (QED) is 0.582. The van der Waals surface area contributed by atoms with Crippen LogP contribution in [0.1, 0.15) is 26.7 Å². The van der Waals surface area contributed by atoms with Gasteiger partial charge in [-0.2, -0.15) is 0 Å². The van der Waals surface area contributed by atoms with Crippen molar-refractivity contribution >= 4 is 17.6 Å². The lowest BCUT2D eigenvalue weighted by Crippen LogP contribution is -2.41. The molecule has 1 rings (SSSR count). The topological polar surface area (TPSA) is 79.2 Å². The maximum absolute atomic E-state index is 11.6. The fraction of sp³-hybridized carbons (Fsp3) is 0.727. The van der Waals surface area contributed by atoms with Gasteiger partial charge in [-0.05, 0) is 26.7 Å². The highest BCUT2D eigenvalue weighted by atomic mass is 16.6. The van der Waals surface area contributed by atoms with E-state index in [1.807, 2.05) is 0 Å². The van der Waals surface area contributed by atoms with Crippen LogP contribution in [0.25, 0.3) is 0 Å². The van der Waals surface area contributed by atoms with Crippen molar-refractivity contribution in [3.63, 3.8) is 0 Å². The van der Waals surface area contributed by atoms with Crippen LogP contribution in [0.5, 0.6) is 0 Å². The molecule has 1 heterocycles. The van der Waals surface area contributed by atoms with Gasteiger partial charge in [-0.15, -0.1) is 0 Å². The molecule has 96 valence electrons. The molecule has 0 spiro atoms. The Bertz CT molecular complexity index is 315. The second kappa shape index (κ2) is 6.22. The predicted octanol–water partition coefficient (Wildman–Crippen LogP) is 0.722. The maximum atomic E-state index is 11.6. The summed E-state index contributed by atoms with van der Waals surface area (Å²) in [6, 6.07) is 0. The first-order chi connectivity index (χ1) is 8.00. The first-order valence-corrected chi connectivity index (χ1v) is 5.64. The van der Waals surface area contributed by atoms with Crippen molar-refractivity contribution in [3.05, 3.63) is 0 Å². The van der Waals surface area contributed by atoms with Crippen LogP contribution in [0.15, 0.2) is 5.16 Å². The standard InChI is InChI=1S/C11H18N2O4/c1-8(2)12-17-7-10(14)13-5-3-9(4-6-13)11(15)16/h9H,3-7H2,1-2H3,(H,15,16). The highest BCUT2D eigenvalue weighted by Gasteiger charge is 2.26. The fourth-order valence-electron chi connectivity index (χ4n) is 1.68. The molecule has 1 saturated heterocycles. The van der Waals surface area contributed by atoms with Gasteiger partial charge < -0.3 is 14.8 Å². The van der Waals surface area contributed by atoms with E-state index in [0.717, 1.165) is 5.71 Å². The normalized spacial score (nSPS) is 16.5. The molecule has 0 aromatic carbocycles. The zero-order chi connectivity index (χ0) is 12.8. The van der Waals surface area contributed by atoms with Crippen LogP contribution >= 0.6 is 0 Å². The molecule has 0 bridgehead atoms. The number of carbonyl (C=O) groups excluding carboxylic acids is 1. The number of nitrogens with zero attached hydrogens (tertiary/aromatic N) is 2. The molecule has 6 heteroatoms. The zero-order valence-corrected chi connectivity index (χ0v) is 10.2. The van der Waals surface area contributed by atoms with Gasteiger partial charge >= 0.3 is 5.97 Å². The zero-order valence-electron chi connectivity index (χ0n) is 10.2. The van der Waals surface area contributed by atoms with Gasteiger partial charge in [0.2, 0.25) is 0 Å². The molecule has 1 N–H and O–H groups in total. The third-order valence-electron chi connectivity index (χ3n) is 2.63. The number of amides is 1. The number of hydrogen-bond donors (Lipinski definition) is 1. The Balaban J connectivity index is 2.31. The SMILES string of the molecule is CC(C)=NOCC(=O)N1CCC(C(=O)O)CC1. The van der Waals surface area contributed by atoms with Crippen molar-refractivity contribution in [2.45, 2.75) is 26.7 Å². The Labute approximate surface area is 100 Å². The molecule has 0 aliphatic carbocycles. The van der Waals surface area contributed by atoms with Crippen molar-refractivity contribution < 1.29 is 19.5 Å². The van der Waals surface area contributed by atoms with Gasteiger partial charge in [0.25, 0.3) is 5.91 Å². The van der Waals surface area contributed by atoms with Crippen LogP contribution in [-0.4, -0.2) is 47.3 Å². The van der Waals surface area contributed by atoms with E-state index in [2.05, 4.69) is 5.16 Å². The molecular weight excluding hydrogens is 224 g/mol. The molecule has 1 amide bonds. The third kappa shape index (κ3) is 4.42. The first kappa shape index (κ1) is 13.5. The minimum absolute atomic E-state index is 0.0804. The van der Waals surface area contributed by atoms with Gasteiger partial charge in [-0.1, -0.05) is 5.16 Å². The summed E-state index contributed by atoms with van der Waals surface area (Å²) in [6.45, 7) is 4.44. The monoisotopic (exact) mass is 242 g/mol. The molecule has 6 nitrogen and oxygen atoms in total. The van der Waals surface area contributed by atoms with Gasteiger partial charge in [0, 0.05) is 13.1 Å². The van der Waals surface area contributed by atoms with Crippen LogP contribution in [0.3, 0.4) is 0 Å². The van der Waals surface area contributed by atoms with E-state index in [1.54, 1.807) is 18.7 Å². The minimum atomic E-state index is -0.778. The Morgan fingerprint density at radius 3 is 2.41 bits per heavy atom. The second-order valence-corrected chi connectivity index (χ2v) is 4.31. The Hall–Kier alpha value is -1.59. The van der Waals surface area contributed by atoms with Crippen LogP contribution in [-0.2, 0) is 14.4 Å². The number of carboxylic acids is 1. The molecule has 17 heavy (non-hydrogen) atoms. The number of carbonyl (C=O) groups is 2. The van der Waals surface area contributed by atoms with Crippen molar-refractivity contribution in [1.82, 2.24) is 4.90 Å². The van der Waals surface area contributed by atoms with Gasteiger partial charge in [0.05, 0.1) is 11.6 Å². The molecule has 0 radical (unpaired) electrons. The van der Waals surface area contributed by atoms with Gasteiger partial charge in [0.15, 0.2) is 6.61 Å². The lowest BCUT2D eigenvalue weighted by molar-refractivity contribution is -0.146. The summed E-state index contributed by atoms with van der Waals surface area (Å²) >= 11 is 0. The summed E-state index contributed by atoms with van der Waals surface area (Å²) in [6.07, 6.45) is 1.02. The van der Waals surface area contributed by atoms with Crippen LogP contribution in [0.2, 0.25) is 0 Å². The molecule has 0 aromatic heterocycles. The summed E-state index contributed by atoms with van der Waals surface area (Å²) in [5.41, 5.74) is 0.752. The van der Waals surface area contributed by atoms with Gasteiger partial charge in [-0.25, -0.2) is 0 Å². The van der Waals surface area contributed by atoms with Crippen LogP contribution in [0.4, 0.5) is 0 Å². The molecule has 1 aliphatic rings. The smallest absolute Gasteiger partial charge is 0.306 e. The highest BCUT2D eigenvalue weighted by Crippen LogP contribution is 2.17. The number of likely N-dealkylation sites (tertiary alicyclic amines) is 1. The highest BCUT2D eigenvalue weighted by molar-refractivity contribution is 5.79. The molecule has 1 fully saturated rings. The Morgan fingerprint density at radius 2 is 1.94 bits per heavy atom. The van der Waals surface area contributed by atoms with E-state index in [9.17, 15) is 9.59 Å².